The first-order valence-corrected chi connectivity index (χ1v) is 28.7. The number of anilines is 2. The average molecular weight is 1050 g/mol. The summed E-state index contributed by atoms with van der Waals surface area (Å²) in [5.74, 6) is 2.31. The Morgan fingerprint density at radius 2 is 1.18 bits per heavy atom. The van der Waals surface area contributed by atoms with Crippen LogP contribution in [0.15, 0.2) is 109 Å². The van der Waals surface area contributed by atoms with Crippen molar-refractivity contribution in [2.75, 3.05) is 82.7 Å². The number of nitrogens with zero attached hydrogens (tertiary/aromatic N) is 2. The lowest BCUT2D eigenvalue weighted by molar-refractivity contribution is -0.135. The number of hydrogen-bond donors (Lipinski definition) is 0. The summed E-state index contributed by atoms with van der Waals surface area (Å²) in [6.07, 6.45) is 4.58. The molecule has 4 aliphatic rings. The van der Waals surface area contributed by atoms with Crippen molar-refractivity contribution in [3.8, 4) is 39.5 Å². The van der Waals surface area contributed by atoms with Crippen LogP contribution in [-0.4, -0.2) is 98.8 Å². The molecule has 402 valence electrons. The number of benzene rings is 6. The maximum absolute atomic E-state index is 7.88. The van der Waals surface area contributed by atoms with Crippen LogP contribution in [0, 0.1) is 6.92 Å². The summed E-state index contributed by atoms with van der Waals surface area (Å²) in [5, 5.41) is 2.12. The van der Waals surface area contributed by atoms with Gasteiger partial charge in [-0.05, 0) is 157 Å². The third-order valence-corrected chi connectivity index (χ3v) is 17.7. The molecule has 10 rings (SSSR count). The average Bonchev–Trinajstić information content (AvgIpc) is 3.87. The molecular formula is C64H78N2O9Si. The van der Waals surface area contributed by atoms with Gasteiger partial charge in [0.05, 0.1) is 62.6 Å². The second kappa shape index (κ2) is 20.6. The molecule has 0 spiro atoms. The van der Waals surface area contributed by atoms with Gasteiger partial charge in [0.15, 0.2) is 5.60 Å². The van der Waals surface area contributed by atoms with Crippen molar-refractivity contribution in [2.45, 2.75) is 111 Å². The Bertz CT molecular complexity index is 3040. The Hall–Kier alpha value is -5.70. The lowest BCUT2D eigenvalue weighted by Crippen LogP contribution is -2.59. The van der Waals surface area contributed by atoms with E-state index in [9.17, 15) is 0 Å². The van der Waals surface area contributed by atoms with Crippen molar-refractivity contribution in [2.24, 2.45) is 0 Å². The Morgan fingerprint density at radius 3 is 1.76 bits per heavy atom. The maximum Gasteiger partial charge on any atom is 0.681 e. The van der Waals surface area contributed by atoms with Crippen LogP contribution in [0.2, 0.25) is 0 Å². The Balaban J connectivity index is 1.07. The number of ether oxygens (including phenoxy) is 5. The van der Waals surface area contributed by atoms with E-state index in [1.807, 2.05) is 74.4 Å². The van der Waals surface area contributed by atoms with Crippen molar-refractivity contribution in [3.05, 3.63) is 143 Å². The first kappa shape index (κ1) is 53.7. The molecule has 0 saturated carbocycles. The zero-order valence-electron chi connectivity index (χ0n) is 47.1. The van der Waals surface area contributed by atoms with Crippen molar-refractivity contribution < 1.29 is 41.4 Å². The van der Waals surface area contributed by atoms with Crippen molar-refractivity contribution in [3.63, 3.8) is 0 Å². The quantitative estimate of drug-likeness (QED) is 0.0772. The topological polar surface area (TPSA) is 89.6 Å². The standard InChI is InChI=1S/C64H78N2O9Si/c1-43-14-16-44(17-15-43)45-18-27-50-54(40-45)63(11,12)58-51-28-29-64(46-19-23-48(24-20-46)65-30-34-68-35-31-65,72-59(51)53-42-56(67-13)55(41-52(53)57(50)58)66-32-36-69-37-33-66)47-21-25-49(26-22-47)70-38-39-71-76(73-60(2,3)4,74-61(5,6)7)75-62(8,9)10/h14-29,40-42H,30-39H2,1-13H3. The molecule has 1 unspecified atom stereocenters. The van der Waals surface area contributed by atoms with Crippen LogP contribution >= 0.6 is 0 Å². The van der Waals surface area contributed by atoms with Crippen LogP contribution in [0.4, 0.5) is 11.4 Å². The van der Waals surface area contributed by atoms with Crippen LogP contribution in [0.25, 0.3) is 39.1 Å². The summed E-state index contributed by atoms with van der Waals surface area (Å²) in [4.78, 5) is 4.78. The second-order valence-corrected chi connectivity index (χ2v) is 26.0. The van der Waals surface area contributed by atoms with E-state index in [2.05, 4.69) is 134 Å². The highest BCUT2D eigenvalue weighted by Gasteiger charge is 2.54. The Kier molecular flexibility index (Phi) is 14.5. The third kappa shape index (κ3) is 10.9. The van der Waals surface area contributed by atoms with E-state index >= 15 is 0 Å². The molecule has 6 aromatic carbocycles. The molecule has 76 heavy (non-hydrogen) atoms. The molecule has 0 N–H and O–H groups in total. The first-order chi connectivity index (χ1) is 36.1. The number of aryl methyl sites for hydroxylation is 1. The molecule has 0 amide bonds. The molecule has 11 nitrogen and oxygen atoms in total. The molecule has 6 aromatic rings. The maximum atomic E-state index is 7.88. The SMILES string of the molecule is COc1cc2c3c(c4c(c2cc1N1CCOCC1)-c1ccc(-c2ccc(C)cc2)cc1C4(C)C)C=CC(c1ccc(OCCO[Si](OC(C)(C)C)(OC(C)(C)C)OC(C)(C)C)cc1)(c1ccc(N2CCOCC2)cc1)O3. The lowest BCUT2D eigenvalue weighted by Gasteiger charge is -2.41. The molecule has 2 fully saturated rings. The van der Waals surface area contributed by atoms with E-state index in [4.69, 9.17) is 41.4 Å². The fraction of sp³-hybridized carbons (Fsp3) is 0.438. The molecular weight excluding hydrogens is 969 g/mol. The van der Waals surface area contributed by atoms with Crippen LogP contribution in [-0.2, 0) is 38.2 Å². The molecule has 0 radical (unpaired) electrons. The molecule has 0 aromatic heterocycles. The smallest absolute Gasteiger partial charge is 0.495 e. The van der Waals surface area contributed by atoms with E-state index in [1.165, 1.54) is 38.9 Å². The highest BCUT2D eigenvalue weighted by molar-refractivity contribution is 6.54. The van der Waals surface area contributed by atoms with E-state index in [-0.39, 0.29) is 18.6 Å². The number of fused-ring (bicyclic) bond motifs is 8. The zero-order chi connectivity index (χ0) is 53.8. The van der Waals surface area contributed by atoms with Gasteiger partial charge in [0.25, 0.3) is 0 Å². The van der Waals surface area contributed by atoms with E-state index in [0.29, 0.717) is 32.2 Å². The Morgan fingerprint density at radius 1 is 0.618 bits per heavy atom. The van der Waals surface area contributed by atoms with Gasteiger partial charge in [-0.2, -0.15) is 0 Å². The Labute approximate surface area is 452 Å². The largest absolute Gasteiger partial charge is 0.681 e. The predicted molar refractivity (Wildman–Crippen MR) is 307 cm³/mol. The minimum absolute atomic E-state index is 0.194. The van der Waals surface area contributed by atoms with Crippen molar-refractivity contribution >= 4 is 37.3 Å². The van der Waals surface area contributed by atoms with Gasteiger partial charge in [-0.25, -0.2) is 0 Å². The summed E-state index contributed by atoms with van der Waals surface area (Å²) < 4.78 is 58.4. The summed E-state index contributed by atoms with van der Waals surface area (Å²) in [6.45, 7) is 31.2. The predicted octanol–water partition coefficient (Wildman–Crippen LogP) is 13.4. The third-order valence-electron chi connectivity index (χ3n) is 14.5. The summed E-state index contributed by atoms with van der Waals surface area (Å²) in [5.41, 5.74) is 10.8. The van der Waals surface area contributed by atoms with Crippen molar-refractivity contribution in [1.82, 2.24) is 0 Å². The molecule has 1 atom stereocenters. The van der Waals surface area contributed by atoms with Gasteiger partial charge in [-0.1, -0.05) is 86.2 Å². The van der Waals surface area contributed by atoms with Gasteiger partial charge in [-0.3, -0.25) is 0 Å². The van der Waals surface area contributed by atoms with Crippen LogP contribution < -0.4 is 24.0 Å². The number of hydrogen-bond acceptors (Lipinski definition) is 11. The number of morpholine rings is 2. The first-order valence-electron chi connectivity index (χ1n) is 27.1. The van der Waals surface area contributed by atoms with E-state index < -0.39 is 31.5 Å². The normalized spacial score (nSPS) is 18.5. The van der Waals surface area contributed by atoms with Gasteiger partial charge in [0, 0.05) is 59.4 Å². The highest BCUT2D eigenvalue weighted by atomic mass is 28.4. The number of rotatable bonds is 14. The van der Waals surface area contributed by atoms with Crippen LogP contribution in [0.1, 0.15) is 110 Å². The summed E-state index contributed by atoms with van der Waals surface area (Å²) in [6, 6.07) is 37.6. The zero-order valence-corrected chi connectivity index (χ0v) is 48.1. The second-order valence-electron chi connectivity index (χ2n) is 24.1. The molecule has 2 saturated heterocycles. The van der Waals surface area contributed by atoms with Gasteiger partial charge in [-0.15, -0.1) is 0 Å². The minimum Gasteiger partial charge on any atom is -0.495 e. The molecule has 0 bridgehead atoms. The molecule has 3 heterocycles. The summed E-state index contributed by atoms with van der Waals surface area (Å²) in [7, 11) is -1.91. The molecule has 12 heteroatoms. The lowest BCUT2D eigenvalue weighted by atomic mass is 9.76. The summed E-state index contributed by atoms with van der Waals surface area (Å²) >= 11 is 0. The van der Waals surface area contributed by atoms with Gasteiger partial charge in [0.1, 0.15) is 23.9 Å². The van der Waals surface area contributed by atoms with Gasteiger partial charge < -0.3 is 51.2 Å². The van der Waals surface area contributed by atoms with E-state index in [1.54, 1.807) is 7.11 Å². The highest BCUT2D eigenvalue weighted by Crippen LogP contribution is 2.60. The molecule has 1 aliphatic carbocycles. The van der Waals surface area contributed by atoms with Crippen molar-refractivity contribution in [1.29, 1.82) is 0 Å². The van der Waals surface area contributed by atoms with Gasteiger partial charge in [0.2, 0.25) is 0 Å². The van der Waals surface area contributed by atoms with E-state index in [0.717, 1.165) is 76.5 Å². The fourth-order valence-corrected chi connectivity index (χ4v) is 14.1. The van der Waals surface area contributed by atoms with Gasteiger partial charge >= 0.3 is 9.05 Å². The van der Waals surface area contributed by atoms with Crippen LogP contribution in [0.3, 0.4) is 0 Å². The molecule has 3 aliphatic heterocycles. The van der Waals surface area contributed by atoms with Crippen LogP contribution in [0.5, 0.6) is 17.2 Å². The monoisotopic (exact) mass is 1050 g/mol. The minimum atomic E-state index is -3.68. The fourth-order valence-electron chi connectivity index (χ4n) is 11.3. The number of methoxy groups -OCH3 is 1.